The largest absolute Gasteiger partial charge is 0.508 e. The van der Waals surface area contributed by atoms with E-state index in [-0.39, 0.29) is 29.5 Å². The second kappa shape index (κ2) is 13.5. The molecule has 6 rings (SSSR count). The Balaban J connectivity index is 0.000000559. The molecule has 0 spiro atoms. The Morgan fingerprint density at radius 3 is 2.30 bits per heavy atom. The number of phenolic OH excluding ortho intramolecular Hbond substituents is 1. The van der Waals surface area contributed by atoms with E-state index >= 15 is 0 Å². The van der Waals surface area contributed by atoms with Crippen molar-refractivity contribution in [3.05, 3.63) is 94.2 Å². The smallest absolute Gasteiger partial charge is 0.490 e. The Hall–Kier alpha value is -4.84. The third-order valence-corrected chi connectivity index (χ3v) is 8.45. The number of nitrogens with zero attached hydrogens (tertiary/aromatic N) is 1. The molecule has 1 fully saturated rings. The van der Waals surface area contributed by atoms with Crippen LogP contribution in [0.2, 0.25) is 0 Å². The lowest BCUT2D eigenvalue weighted by Gasteiger charge is -2.35. The van der Waals surface area contributed by atoms with Gasteiger partial charge in [-0.15, -0.1) is 0 Å². The number of halogens is 3. The van der Waals surface area contributed by atoms with Gasteiger partial charge in [0.2, 0.25) is 11.8 Å². The summed E-state index contributed by atoms with van der Waals surface area (Å²) in [4.78, 5) is 37.2. The maximum atomic E-state index is 13.3. The van der Waals surface area contributed by atoms with E-state index in [1.807, 2.05) is 55.1 Å². The molecule has 1 saturated carbocycles. The van der Waals surface area contributed by atoms with Crippen molar-refractivity contribution in [1.29, 1.82) is 0 Å². The summed E-state index contributed by atoms with van der Waals surface area (Å²) >= 11 is 0. The molecule has 2 amide bonds. The fraction of sp³-hybridized carbons (Fsp3) is 0.343. The van der Waals surface area contributed by atoms with Crippen LogP contribution in [0.15, 0.2) is 65.1 Å². The topological polar surface area (TPSA) is 146 Å². The van der Waals surface area contributed by atoms with Gasteiger partial charge < -0.3 is 30.6 Å². The van der Waals surface area contributed by atoms with Crippen LogP contribution in [0.4, 0.5) is 18.9 Å². The Kier molecular flexibility index (Phi) is 9.62. The Morgan fingerprint density at radius 1 is 1.02 bits per heavy atom. The number of hydrogen-bond acceptors (Lipinski definition) is 6. The number of carboxylic acid groups (broad SMARTS) is 1. The van der Waals surface area contributed by atoms with Crippen LogP contribution >= 0.6 is 0 Å². The van der Waals surface area contributed by atoms with Crippen molar-refractivity contribution in [1.82, 2.24) is 5.32 Å². The minimum atomic E-state index is -5.08. The maximum Gasteiger partial charge on any atom is 0.490 e. The van der Waals surface area contributed by atoms with Crippen molar-refractivity contribution in [2.24, 2.45) is 11.7 Å². The predicted octanol–water partition coefficient (Wildman–Crippen LogP) is 5.85. The van der Waals surface area contributed by atoms with Crippen LogP contribution in [-0.4, -0.2) is 46.8 Å². The summed E-state index contributed by atoms with van der Waals surface area (Å²) in [6.45, 7) is 4.39. The van der Waals surface area contributed by atoms with Gasteiger partial charge in [0, 0.05) is 30.0 Å². The second-order valence-corrected chi connectivity index (χ2v) is 12.1. The molecule has 4 aromatic rings. The van der Waals surface area contributed by atoms with E-state index in [1.54, 1.807) is 12.1 Å². The molecule has 2 atom stereocenters. The van der Waals surface area contributed by atoms with Crippen LogP contribution in [0.3, 0.4) is 0 Å². The van der Waals surface area contributed by atoms with Gasteiger partial charge in [-0.3, -0.25) is 9.59 Å². The standard InChI is InChI=1S/C33H35N3O4.C2HF3O2/c1-19-13-24(37)14-20(2)26(19)18-28(34)32(38)35-29-11-12-36(33(39)22-8-9-22)30-10-7-21(16-27(29)30)15-25-17-23-5-3-4-6-31(23)40-25;3-2(4,5)1(6)7/h3-7,10,13-14,16-17,22,28-29,37H,8-9,11-12,15,18,34H2,1-2H3,(H,35,38);(H,6,7)/t28-,29+;/m0./s1. The third-order valence-electron chi connectivity index (χ3n) is 8.45. The number of aromatic hydroxyl groups is 1. The molecule has 0 bridgehead atoms. The molecule has 0 saturated heterocycles. The van der Waals surface area contributed by atoms with Crippen molar-refractivity contribution >= 4 is 34.4 Å². The van der Waals surface area contributed by atoms with Crippen LogP contribution < -0.4 is 16.0 Å². The summed E-state index contributed by atoms with van der Waals surface area (Å²) in [6, 6.07) is 18.6. The zero-order chi connectivity index (χ0) is 34.0. The molecular formula is C35H36F3N3O6. The van der Waals surface area contributed by atoms with Crippen LogP contribution in [0.25, 0.3) is 11.0 Å². The number of carboxylic acids is 1. The molecular weight excluding hydrogens is 615 g/mol. The van der Waals surface area contributed by atoms with Crippen molar-refractivity contribution in [2.45, 2.75) is 64.2 Å². The van der Waals surface area contributed by atoms with E-state index in [4.69, 9.17) is 20.1 Å². The van der Waals surface area contributed by atoms with Gasteiger partial charge in [-0.25, -0.2) is 4.79 Å². The van der Waals surface area contributed by atoms with Gasteiger partial charge in [-0.1, -0.05) is 30.3 Å². The number of amides is 2. The molecule has 248 valence electrons. The fourth-order valence-electron chi connectivity index (χ4n) is 5.91. The van der Waals surface area contributed by atoms with Gasteiger partial charge in [0.1, 0.15) is 17.1 Å². The van der Waals surface area contributed by atoms with E-state index in [2.05, 4.69) is 17.4 Å². The average Bonchev–Trinajstić information content (AvgIpc) is 3.78. The van der Waals surface area contributed by atoms with E-state index in [0.717, 1.165) is 63.1 Å². The first-order valence-electron chi connectivity index (χ1n) is 15.3. The number of alkyl halides is 3. The number of para-hydroxylation sites is 1. The number of aryl methyl sites for hydroxylation is 2. The van der Waals surface area contributed by atoms with E-state index in [9.17, 15) is 27.9 Å². The van der Waals surface area contributed by atoms with Gasteiger partial charge in [0.25, 0.3) is 0 Å². The van der Waals surface area contributed by atoms with Crippen LogP contribution in [0, 0.1) is 19.8 Å². The Labute approximate surface area is 269 Å². The first kappa shape index (κ1) is 33.5. The number of phenols is 1. The minimum Gasteiger partial charge on any atom is -0.508 e. The van der Waals surface area contributed by atoms with Crippen molar-refractivity contribution < 1.29 is 42.2 Å². The molecule has 2 heterocycles. The van der Waals surface area contributed by atoms with E-state index in [0.29, 0.717) is 25.8 Å². The van der Waals surface area contributed by atoms with Crippen LogP contribution in [-0.2, 0) is 27.2 Å². The number of nitrogens with two attached hydrogens (primary N) is 1. The SMILES string of the molecule is Cc1cc(O)cc(C)c1C[C@H](N)C(=O)N[C@@H]1CCN(C(=O)C2CC2)c2ccc(Cc3cc4ccccc4o3)cc21.O=C(O)C(F)(F)F. The molecule has 1 aliphatic carbocycles. The second-order valence-electron chi connectivity index (χ2n) is 12.1. The Bertz CT molecular complexity index is 1760. The zero-order valence-corrected chi connectivity index (χ0v) is 25.9. The number of carbonyl (C=O) groups excluding carboxylic acids is 2. The fourth-order valence-corrected chi connectivity index (χ4v) is 5.91. The van der Waals surface area contributed by atoms with E-state index < -0.39 is 18.2 Å². The molecule has 5 N–H and O–H groups in total. The quantitative estimate of drug-likeness (QED) is 0.196. The number of hydrogen-bond donors (Lipinski definition) is 4. The summed E-state index contributed by atoms with van der Waals surface area (Å²) < 4.78 is 37.8. The highest BCUT2D eigenvalue weighted by atomic mass is 19.4. The first-order valence-corrected chi connectivity index (χ1v) is 15.3. The summed E-state index contributed by atoms with van der Waals surface area (Å²) in [5.74, 6) is -1.63. The number of benzene rings is 3. The monoisotopic (exact) mass is 651 g/mol. The molecule has 3 aromatic carbocycles. The highest BCUT2D eigenvalue weighted by Crippen LogP contribution is 2.40. The summed E-state index contributed by atoms with van der Waals surface area (Å²) in [6.07, 6.45) is -1.59. The van der Waals surface area contributed by atoms with Crippen molar-refractivity contribution in [2.75, 3.05) is 11.4 Å². The highest BCUT2D eigenvalue weighted by molar-refractivity contribution is 5.98. The lowest BCUT2D eigenvalue weighted by molar-refractivity contribution is -0.192. The average molecular weight is 652 g/mol. The van der Waals surface area contributed by atoms with Gasteiger partial charge in [-0.2, -0.15) is 13.2 Å². The number of rotatable bonds is 7. The number of carbonyl (C=O) groups is 3. The molecule has 1 aromatic heterocycles. The zero-order valence-electron chi connectivity index (χ0n) is 25.9. The number of anilines is 1. The predicted molar refractivity (Wildman–Crippen MR) is 169 cm³/mol. The maximum absolute atomic E-state index is 13.3. The van der Waals surface area contributed by atoms with Crippen LogP contribution in [0.1, 0.15) is 58.9 Å². The summed E-state index contributed by atoms with van der Waals surface area (Å²) in [5.41, 5.74) is 12.9. The lowest BCUT2D eigenvalue weighted by atomic mass is 9.92. The van der Waals surface area contributed by atoms with Crippen molar-refractivity contribution in [3.8, 4) is 5.75 Å². The van der Waals surface area contributed by atoms with E-state index in [1.165, 1.54) is 0 Å². The Morgan fingerprint density at radius 2 is 1.68 bits per heavy atom. The number of furan rings is 1. The minimum absolute atomic E-state index is 0.111. The normalized spacial score (nSPS) is 16.6. The summed E-state index contributed by atoms with van der Waals surface area (Å²) in [5, 5.41) is 21.3. The van der Waals surface area contributed by atoms with Crippen LogP contribution in [0.5, 0.6) is 5.75 Å². The van der Waals surface area contributed by atoms with Gasteiger partial charge >= 0.3 is 12.1 Å². The number of fused-ring (bicyclic) bond motifs is 2. The molecule has 12 heteroatoms. The molecule has 0 radical (unpaired) electrons. The molecule has 0 unspecified atom stereocenters. The highest BCUT2D eigenvalue weighted by Gasteiger charge is 2.39. The lowest BCUT2D eigenvalue weighted by Crippen LogP contribution is -2.47. The molecule has 1 aliphatic heterocycles. The first-order chi connectivity index (χ1) is 22.2. The number of aliphatic carboxylic acids is 1. The molecule has 47 heavy (non-hydrogen) atoms. The molecule has 2 aliphatic rings. The summed E-state index contributed by atoms with van der Waals surface area (Å²) in [7, 11) is 0. The van der Waals surface area contributed by atoms with Gasteiger partial charge in [0.15, 0.2) is 0 Å². The van der Waals surface area contributed by atoms with Crippen molar-refractivity contribution in [3.63, 3.8) is 0 Å². The van der Waals surface area contributed by atoms with Gasteiger partial charge in [0.05, 0.1) is 12.1 Å². The van der Waals surface area contributed by atoms with Gasteiger partial charge in [-0.05, 0) is 97.7 Å². The number of nitrogens with one attached hydrogen (secondary N) is 1. The molecule has 9 nitrogen and oxygen atoms in total. The third kappa shape index (κ3) is 7.94.